The number of hydrogen-bond donors (Lipinski definition) is 2. The van der Waals surface area contributed by atoms with Crippen LogP contribution in [0.2, 0.25) is 5.02 Å². The van der Waals surface area contributed by atoms with Gasteiger partial charge >= 0.3 is 0 Å². The Morgan fingerprint density at radius 1 is 1.18 bits per heavy atom. The van der Waals surface area contributed by atoms with Gasteiger partial charge in [-0.25, -0.2) is 19.0 Å². The van der Waals surface area contributed by atoms with Crippen LogP contribution in [0.3, 0.4) is 0 Å². The molecule has 174 valence electrons. The monoisotopic (exact) mass is 479 g/mol. The standard InChI is InChI=1S/C24H23ClFN7O/c1-13-28-12-33(32-13)20-9-5-15(11-21(20)34-3)29-24-30-22-17(7-8-18(22)23(27-2)31-24)16-6-4-14(25)10-19(16)26/h4-6,9-12,17H,7-8H2,1-3H3,(H2,27,29,30,31)/t17-/m1/s1. The first kappa shape index (κ1) is 22.1. The molecule has 0 radical (unpaired) electrons. The number of benzene rings is 2. The molecular weight excluding hydrogens is 457 g/mol. The topological polar surface area (TPSA) is 89.8 Å². The zero-order valence-electron chi connectivity index (χ0n) is 18.9. The average molecular weight is 480 g/mol. The van der Waals surface area contributed by atoms with Crippen LogP contribution in [0.5, 0.6) is 5.75 Å². The van der Waals surface area contributed by atoms with Gasteiger partial charge in [0.1, 0.15) is 35.2 Å². The van der Waals surface area contributed by atoms with Crippen molar-refractivity contribution in [3.63, 3.8) is 0 Å². The fourth-order valence-corrected chi connectivity index (χ4v) is 4.51. The van der Waals surface area contributed by atoms with Gasteiger partial charge < -0.3 is 15.4 Å². The molecule has 1 atom stereocenters. The zero-order valence-corrected chi connectivity index (χ0v) is 19.7. The fraction of sp³-hybridized carbons (Fsp3) is 0.250. The highest BCUT2D eigenvalue weighted by molar-refractivity contribution is 6.30. The van der Waals surface area contributed by atoms with Gasteiger partial charge in [-0.05, 0) is 49.6 Å². The molecule has 0 saturated heterocycles. The van der Waals surface area contributed by atoms with Crippen molar-refractivity contribution >= 4 is 29.1 Å². The minimum atomic E-state index is -0.326. The molecular formula is C24H23ClFN7O. The largest absolute Gasteiger partial charge is 0.494 e. The number of aryl methyl sites for hydroxylation is 1. The SMILES string of the molecule is CNc1nc(Nc2ccc(-n3cnc(C)n3)c(OC)c2)nc2c1CC[C@@H]2c1ccc(Cl)cc1F. The predicted molar refractivity (Wildman–Crippen MR) is 129 cm³/mol. The molecule has 5 rings (SSSR count). The maximum Gasteiger partial charge on any atom is 0.229 e. The number of halogens is 2. The van der Waals surface area contributed by atoms with Gasteiger partial charge in [-0.2, -0.15) is 10.1 Å². The van der Waals surface area contributed by atoms with Crippen LogP contribution in [0, 0.1) is 12.7 Å². The lowest BCUT2D eigenvalue weighted by atomic mass is 9.96. The second kappa shape index (κ2) is 8.90. The molecule has 10 heteroatoms. The molecule has 1 aliphatic carbocycles. The first-order chi connectivity index (χ1) is 16.5. The third-order valence-corrected chi connectivity index (χ3v) is 6.15. The van der Waals surface area contributed by atoms with Crippen LogP contribution in [0.4, 0.5) is 21.8 Å². The summed E-state index contributed by atoms with van der Waals surface area (Å²) in [4.78, 5) is 13.6. The van der Waals surface area contributed by atoms with Gasteiger partial charge in [0.05, 0.1) is 12.8 Å². The molecule has 4 aromatic rings. The Kier molecular flexibility index (Phi) is 5.79. The molecule has 2 aromatic carbocycles. The van der Waals surface area contributed by atoms with Crippen LogP contribution in [0.1, 0.15) is 35.0 Å². The first-order valence-electron chi connectivity index (χ1n) is 10.8. The molecule has 0 aliphatic heterocycles. The highest BCUT2D eigenvalue weighted by Gasteiger charge is 2.31. The molecule has 2 N–H and O–H groups in total. The van der Waals surface area contributed by atoms with E-state index in [9.17, 15) is 4.39 Å². The predicted octanol–water partition coefficient (Wildman–Crippen LogP) is 5.03. The number of methoxy groups -OCH3 is 1. The Labute approximate surface area is 201 Å². The van der Waals surface area contributed by atoms with Crippen LogP contribution < -0.4 is 15.4 Å². The van der Waals surface area contributed by atoms with Gasteiger partial charge in [0, 0.05) is 35.3 Å². The van der Waals surface area contributed by atoms with E-state index >= 15 is 0 Å². The van der Waals surface area contributed by atoms with Crippen molar-refractivity contribution < 1.29 is 9.13 Å². The number of fused-ring (bicyclic) bond motifs is 1. The number of nitrogens with one attached hydrogen (secondary N) is 2. The Morgan fingerprint density at radius 2 is 2.03 bits per heavy atom. The molecule has 0 unspecified atom stereocenters. The second-order valence-electron chi connectivity index (χ2n) is 8.01. The molecule has 2 heterocycles. The summed E-state index contributed by atoms with van der Waals surface area (Å²) in [6.45, 7) is 1.83. The van der Waals surface area contributed by atoms with Crippen LogP contribution in [0.15, 0.2) is 42.7 Å². The van der Waals surface area contributed by atoms with Crippen molar-refractivity contribution in [1.29, 1.82) is 0 Å². The molecule has 1 aliphatic rings. The highest BCUT2D eigenvalue weighted by atomic mass is 35.5. The minimum absolute atomic E-state index is 0.171. The molecule has 0 fully saturated rings. The number of nitrogens with zero attached hydrogens (tertiary/aromatic N) is 5. The summed E-state index contributed by atoms with van der Waals surface area (Å²) in [5, 5.41) is 11.1. The van der Waals surface area contributed by atoms with Crippen LogP contribution >= 0.6 is 11.6 Å². The number of aromatic nitrogens is 5. The molecule has 0 saturated carbocycles. The average Bonchev–Trinajstić information content (AvgIpc) is 3.45. The minimum Gasteiger partial charge on any atom is -0.494 e. The maximum absolute atomic E-state index is 14.7. The lowest BCUT2D eigenvalue weighted by Gasteiger charge is -2.16. The summed E-state index contributed by atoms with van der Waals surface area (Å²) < 4.78 is 21.9. The quantitative estimate of drug-likeness (QED) is 0.401. The van der Waals surface area contributed by atoms with E-state index in [0.717, 1.165) is 41.3 Å². The molecule has 34 heavy (non-hydrogen) atoms. The molecule has 0 spiro atoms. The van der Waals surface area contributed by atoms with Crippen molar-refractivity contribution in [2.75, 3.05) is 24.8 Å². The van der Waals surface area contributed by atoms with E-state index < -0.39 is 0 Å². The normalized spacial score (nSPS) is 14.7. The van der Waals surface area contributed by atoms with E-state index in [-0.39, 0.29) is 11.7 Å². The number of hydrogen-bond acceptors (Lipinski definition) is 7. The zero-order chi connectivity index (χ0) is 23.8. The third-order valence-electron chi connectivity index (χ3n) is 5.92. The highest BCUT2D eigenvalue weighted by Crippen LogP contribution is 2.41. The van der Waals surface area contributed by atoms with E-state index in [1.54, 1.807) is 30.3 Å². The van der Waals surface area contributed by atoms with Crippen molar-refractivity contribution in [2.24, 2.45) is 0 Å². The molecule has 8 nitrogen and oxygen atoms in total. The lowest BCUT2D eigenvalue weighted by molar-refractivity contribution is 0.412. The van der Waals surface area contributed by atoms with E-state index in [2.05, 4.69) is 25.7 Å². The van der Waals surface area contributed by atoms with Gasteiger partial charge in [-0.15, -0.1) is 0 Å². The number of rotatable bonds is 6. The lowest BCUT2D eigenvalue weighted by Crippen LogP contribution is -2.09. The molecule has 0 bridgehead atoms. The van der Waals surface area contributed by atoms with E-state index in [4.69, 9.17) is 21.3 Å². The summed E-state index contributed by atoms with van der Waals surface area (Å²) in [6, 6.07) is 10.4. The fourth-order valence-electron chi connectivity index (χ4n) is 4.35. The van der Waals surface area contributed by atoms with Crippen molar-refractivity contribution in [3.8, 4) is 11.4 Å². The second-order valence-corrected chi connectivity index (χ2v) is 8.45. The van der Waals surface area contributed by atoms with E-state index in [1.807, 2.05) is 32.2 Å². The van der Waals surface area contributed by atoms with Crippen molar-refractivity contribution in [3.05, 3.63) is 76.2 Å². The van der Waals surface area contributed by atoms with E-state index in [1.165, 1.54) is 6.07 Å². The number of anilines is 3. The van der Waals surface area contributed by atoms with Crippen LogP contribution in [-0.4, -0.2) is 38.9 Å². The number of ether oxygens (including phenoxy) is 1. The Bertz CT molecular complexity index is 1370. The van der Waals surface area contributed by atoms with Gasteiger partial charge in [0.15, 0.2) is 0 Å². The Balaban J connectivity index is 1.50. The Hall–Kier alpha value is -3.72. The maximum atomic E-state index is 14.7. The van der Waals surface area contributed by atoms with E-state index in [0.29, 0.717) is 28.1 Å². The Morgan fingerprint density at radius 3 is 2.74 bits per heavy atom. The first-order valence-corrected chi connectivity index (χ1v) is 11.2. The van der Waals surface area contributed by atoms with Gasteiger partial charge in [-0.1, -0.05) is 17.7 Å². The molecule has 0 amide bonds. The van der Waals surface area contributed by atoms with Crippen molar-refractivity contribution in [1.82, 2.24) is 24.7 Å². The summed E-state index contributed by atoms with van der Waals surface area (Å²) in [7, 11) is 3.42. The smallest absolute Gasteiger partial charge is 0.229 e. The summed E-state index contributed by atoms with van der Waals surface area (Å²) in [6.07, 6.45) is 3.15. The van der Waals surface area contributed by atoms with Crippen LogP contribution in [-0.2, 0) is 6.42 Å². The summed E-state index contributed by atoms with van der Waals surface area (Å²) in [5.74, 6) is 1.93. The molecule has 2 aromatic heterocycles. The van der Waals surface area contributed by atoms with Gasteiger partial charge in [0.2, 0.25) is 5.95 Å². The summed E-state index contributed by atoms with van der Waals surface area (Å²) in [5.41, 5.74) is 3.90. The van der Waals surface area contributed by atoms with Crippen LogP contribution in [0.25, 0.3) is 5.69 Å². The van der Waals surface area contributed by atoms with Crippen molar-refractivity contribution in [2.45, 2.75) is 25.7 Å². The van der Waals surface area contributed by atoms with Gasteiger partial charge in [-0.3, -0.25) is 0 Å². The summed E-state index contributed by atoms with van der Waals surface area (Å²) >= 11 is 5.96. The van der Waals surface area contributed by atoms with Gasteiger partial charge in [0.25, 0.3) is 0 Å². The third kappa shape index (κ3) is 4.03.